The second-order valence-corrected chi connectivity index (χ2v) is 6.99. The second-order valence-electron chi connectivity index (χ2n) is 6.99. The molecule has 3 aromatic heterocycles. The van der Waals surface area contributed by atoms with E-state index < -0.39 is 0 Å². The molecule has 28 heavy (non-hydrogen) atoms. The zero-order chi connectivity index (χ0) is 19.5. The first kappa shape index (κ1) is 18.4. The summed E-state index contributed by atoms with van der Waals surface area (Å²) in [5.74, 6) is 2.08. The van der Waals surface area contributed by atoms with Crippen LogP contribution in [0.15, 0.2) is 35.2 Å². The van der Waals surface area contributed by atoms with Crippen LogP contribution in [0, 0.1) is 6.92 Å². The molecular formula is C20H24N6O2. The first-order chi connectivity index (χ1) is 13.6. The van der Waals surface area contributed by atoms with Gasteiger partial charge in [0, 0.05) is 42.7 Å². The predicted octanol–water partition coefficient (Wildman–Crippen LogP) is 3.16. The topological polar surface area (TPSA) is 89.2 Å². The summed E-state index contributed by atoms with van der Waals surface area (Å²) in [7, 11) is 0. The lowest BCUT2D eigenvalue weighted by atomic mass is 10.1. The molecule has 1 saturated heterocycles. The average Bonchev–Trinajstić information content (AvgIpc) is 3.14. The Balaban J connectivity index is 1.77. The molecule has 1 aliphatic heterocycles. The van der Waals surface area contributed by atoms with E-state index in [2.05, 4.69) is 34.0 Å². The van der Waals surface area contributed by atoms with Gasteiger partial charge in [-0.05, 0) is 32.9 Å². The van der Waals surface area contributed by atoms with Crippen LogP contribution in [0.25, 0.3) is 22.5 Å². The SMILES string of the molecule is Cc1occc1-c1nc(NC(C)C)ncc1-c1ccnc(N2CCOCC2)n1. The molecule has 0 aromatic carbocycles. The minimum absolute atomic E-state index is 0.233. The molecule has 8 nitrogen and oxygen atoms in total. The van der Waals surface area contributed by atoms with E-state index in [9.17, 15) is 0 Å². The van der Waals surface area contributed by atoms with Crippen LogP contribution in [0.4, 0.5) is 11.9 Å². The van der Waals surface area contributed by atoms with Gasteiger partial charge in [-0.3, -0.25) is 0 Å². The van der Waals surface area contributed by atoms with Crippen LogP contribution in [-0.2, 0) is 4.74 Å². The normalized spacial score (nSPS) is 14.5. The van der Waals surface area contributed by atoms with E-state index in [1.54, 1.807) is 12.5 Å². The molecule has 0 unspecified atom stereocenters. The maximum Gasteiger partial charge on any atom is 0.226 e. The van der Waals surface area contributed by atoms with E-state index in [0.717, 1.165) is 41.4 Å². The largest absolute Gasteiger partial charge is 0.469 e. The van der Waals surface area contributed by atoms with E-state index in [-0.39, 0.29) is 6.04 Å². The van der Waals surface area contributed by atoms with Gasteiger partial charge < -0.3 is 19.4 Å². The maximum atomic E-state index is 5.51. The van der Waals surface area contributed by atoms with E-state index in [0.29, 0.717) is 25.1 Å². The van der Waals surface area contributed by atoms with Crippen molar-refractivity contribution in [2.75, 3.05) is 36.5 Å². The molecule has 1 N–H and O–H groups in total. The van der Waals surface area contributed by atoms with Gasteiger partial charge in [-0.2, -0.15) is 0 Å². The Morgan fingerprint density at radius 3 is 2.61 bits per heavy atom. The fraction of sp³-hybridized carbons (Fsp3) is 0.400. The number of aryl methyl sites for hydroxylation is 1. The van der Waals surface area contributed by atoms with Gasteiger partial charge in [-0.25, -0.2) is 19.9 Å². The highest BCUT2D eigenvalue weighted by atomic mass is 16.5. The number of morpholine rings is 1. The first-order valence-electron chi connectivity index (χ1n) is 9.46. The summed E-state index contributed by atoms with van der Waals surface area (Å²) in [6, 6.07) is 4.04. The highest BCUT2D eigenvalue weighted by Gasteiger charge is 2.19. The van der Waals surface area contributed by atoms with Crippen LogP contribution in [0.1, 0.15) is 19.6 Å². The fourth-order valence-corrected chi connectivity index (χ4v) is 3.15. The lowest BCUT2D eigenvalue weighted by Crippen LogP contribution is -2.37. The summed E-state index contributed by atoms with van der Waals surface area (Å²) < 4.78 is 10.9. The van der Waals surface area contributed by atoms with Gasteiger partial charge in [-0.1, -0.05) is 0 Å². The van der Waals surface area contributed by atoms with Gasteiger partial charge >= 0.3 is 0 Å². The number of nitrogens with one attached hydrogen (secondary N) is 1. The summed E-state index contributed by atoms with van der Waals surface area (Å²) in [5, 5.41) is 3.26. The van der Waals surface area contributed by atoms with E-state index >= 15 is 0 Å². The van der Waals surface area contributed by atoms with Crippen molar-refractivity contribution in [1.29, 1.82) is 0 Å². The predicted molar refractivity (Wildman–Crippen MR) is 107 cm³/mol. The minimum atomic E-state index is 0.233. The van der Waals surface area contributed by atoms with Crippen LogP contribution >= 0.6 is 0 Å². The van der Waals surface area contributed by atoms with Crippen molar-refractivity contribution in [2.24, 2.45) is 0 Å². The summed E-state index contributed by atoms with van der Waals surface area (Å²) in [5.41, 5.74) is 3.34. The van der Waals surface area contributed by atoms with Crippen molar-refractivity contribution >= 4 is 11.9 Å². The molecule has 1 fully saturated rings. The second kappa shape index (κ2) is 7.93. The third-order valence-electron chi connectivity index (χ3n) is 4.53. The molecule has 3 aromatic rings. The zero-order valence-corrected chi connectivity index (χ0v) is 16.3. The number of ether oxygens (including phenoxy) is 1. The Kier molecular flexibility index (Phi) is 5.21. The number of aromatic nitrogens is 4. The average molecular weight is 380 g/mol. The van der Waals surface area contributed by atoms with Gasteiger partial charge in [-0.15, -0.1) is 0 Å². The standard InChI is InChI=1S/C20H24N6O2/c1-13(2)23-19-22-12-16(18(25-19)15-5-9-28-14(15)3)17-4-6-21-20(24-17)26-7-10-27-11-8-26/h4-6,9,12-13H,7-8,10-11H2,1-3H3,(H,22,23,25). The first-order valence-corrected chi connectivity index (χ1v) is 9.46. The third-order valence-corrected chi connectivity index (χ3v) is 4.53. The number of nitrogens with zero attached hydrogens (tertiary/aromatic N) is 5. The Hall–Kier alpha value is -3.00. The molecule has 4 rings (SSSR count). The molecule has 4 heterocycles. The molecule has 146 valence electrons. The molecule has 0 bridgehead atoms. The van der Waals surface area contributed by atoms with Crippen LogP contribution in [0.2, 0.25) is 0 Å². The van der Waals surface area contributed by atoms with E-state index in [4.69, 9.17) is 19.1 Å². The molecule has 1 aliphatic rings. The monoisotopic (exact) mass is 380 g/mol. The van der Waals surface area contributed by atoms with E-state index in [1.165, 1.54) is 0 Å². The van der Waals surface area contributed by atoms with Gasteiger partial charge in [0.2, 0.25) is 11.9 Å². The van der Waals surface area contributed by atoms with Crippen LogP contribution in [0.5, 0.6) is 0 Å². The van der Waals surface area contributed by atoms with E-state index in [1.807, 2.05) is 25.3 Å². The molecular weight excluding hydrogens is 356 g/mol. The molecule has 0 radical (unpaired) electrons. The van der Waals surface area contributed by atoms with Crippen molar-refractivity contribution in [3.8, 4) is 22.5 Å². The van der Waals surface area contributed by atoms with Gasteiger partial charge in [0.05, 0.1) is 30.9 Å². The number of furan rings is 1. The highest BCUT2D eigenvalue weighted by molar-refractivity contribution is 5.80. The van der Waals surface area contributed by atoms with Gasteiger partial charge in [0.15, 0.2) is 0 Å². The number of anilines is 2. The Morgan fingerprint density at radius 1 is 1.07 bits per heavy atom. The molecule has 0 aliphatic carbocycles. The molecule has 0 amide bonds. The number of rotatable bonds is 5. The quantitative estimate of drug-likeness (QED) is 0.722. The van der Waals surface area contributed by atoms with Crippen LogP contribution < -0.4 is 10.2 Å². The Labute approximate surface area is 164 Å². The van der Waals surface area contributed by atoms with Crippen molar-refractivity contribution < 1.29 is 9.15 Å². The smallest absolute Gasteiger partial charge is 0.226 e. The lowest BCUT2D eigenvalue weighted by Gasteiger charge is -2.26. The fourth-order valence-electron chi connectivity index (χ4n) is 3.15. The zero-order valence-electron chi connectivity index (χ0n) is 16.3. The van der Waals surface area contributed by atoms with Gasteiger partial charge in [0.25, 0.3) is 0 Å². The van der Waals surface area contributed by atoms with Crippen molar-refractivity contribution in [1.82, 2.24) is 19.9 Å². The summed E-state index contributed by atoms with van der Waals surface area (Å²) in [4.78, 5) is 20.6. The lowest BCUT2D eigenvalue weighted by molar-refractivity contribution is 0.122. The van der Waals surface area contributed by atoms with Crippen molar-refractivity contribution in [3.63, 3.8) is 0 Å². The third kappa shape index (κ3) is 3.82. The number of hydrogen-bond donors (Lipinski definition) is 1. The maximum absolute atomic E-state index is 5.51. The Bertz CT molecular complexity index is 949. The molecule has 0 atom stereocenters. The number of hydrogen-bond acceptors (Lipinski definition) is 8. The van der Waals surface area contributed by atoms with Crippen LogP contribution in [-0.4, -0.2) is 52.3 Å². The highest BCUT2D eigenvalue weighted by Crippen LogP contribution is 2.32. The minimum Gasteiger partial charge on any atom is -0.469 e. The summed E-state index contributed by atoms with van der Waals surface area (Å²) >= 11 is 0. The molecule has 8 heteroatoms. The van der Waals surface area contributed by atoms with Gasteiger partial charge in [0.1, 0.15) is 5.76 Å². The molecule has 0 spiro atoms. The van der Waals surface area contributed by atoms with Crippen molar-refractivity contribution in [3.05, 3.63) is 36.5 Å². The molecule has 0 saturated carbocycles. The summed E-state index contributed by atoms with van der Waals surface area (Å²) in [6.45, 7) is 8.97. The summed E-state index contributed by atoms with van der Waals surface area (Å²) in [6.07, 6.45) is 5.26. The van der Waals surface area contributed by atoms with Crippen LogP contribution in [0.3, 0.4) is 0 Å². The Morgan fingerprint density at radius 2 is 1.89 bits per heavy atom. The van der Waals surface area contributed by atoms with Crippen molar-refractivity contribution in [2.45, 2.75) is 26.8 Å².